The Balaban J connectivity index is 2.18. The third kappa shape index (κ3) is 2.31. The maximum absolute atomic E-state index is 5.90. The SMILES string of the molecule is CCCc1nc(N)cc(-c2cccc3ccsc23)n1. The molecule has 3 nitrogen and oxygen atoms in total. The Kier molecular flexibility index (Phi) is 3.17. The van der Waals surface area contributed by atoms with Crippen LogP contribution < -0.4 is 5.73 Å². The molecule has 0 bridgehead atoms. The van der Waals surface area contributed by atoms with E-state index in [1.54, 1.807) is 11.3 Å². The first-order valence-electron chi connectivity index (χ1n) is 6.38. The van der Waals surface area contributed by atoms with Gasteiger partial charge in [0.05, 0.1) is 5.69 Å². The van der Waals surface area contributed by atoms with Crippen molar-refractivity contribution in [2.75, 3.05) is 5.73 Å². The molecule has 0 saturated heterocycles. The molecule has 3 aromatic rings. The smallest absolute Gasteiger partial charge is 0.131 e. The summed E-state index contributed by atoms with van der Waals surface area (Å²) in [5.74, 6) is 1.37. The highest BCUT2D eigenvalue weighted by molar-refractivity contribution is 7.17. The number of hydrogen-bond donors (Lipinski definition) is 1. The second kappa shape index (κ2) is 4.97. The molecule has 0 amide bonds. The van der Waals surface area contributed by atoms with Crippen LogP contribution in [0, 0.1) is 0 Å². The fourth-order valence-electron chi connectivity index (χ4n) is 2.19. The van der Waals surface area contributed by atoms with Crippen molar-refractivity contribution in [3.63, 3.8) is 0 Å². The summed E-state index contributed by atoms with van der Waals surface area (Å²) in [6.07, 6.45) is 1.88. The average molecular weight is 269 g/mol. The number of fused-ring (bicyclic) bond motifs is 1. The van der Waals surface area contributed by atoms with Crippen molar-refractivity contribution in [1.29, 1.82) is 0 Å². The van der Waals surface area contributed by atoms with E-state index in [2.05, 4.69) is 46.5 Å². The van der Waals surface area contributed by atoms with Gasteiger partial charge in [0.2, 0.25) is 0 Å². The monoisotopic (exact) mass is 269 g/mol. The van der Waals surface area contributed by atoms with Gasteiger partial charge in [-0.15, -0.1) is 11.3 Å². The molecule has 0 saturated carbocycles. The van der Waals surface area contributed by atoms with Crippen molar-refractivity contribution in [3.05, 3.63) is 41.5 Å². The molecule has 96 valence electrons. The van der Waals surface area contributed by atoms with Gasteiger partial charge in [0.1, 0.15) is 11.6 Å². The highest BCUT2D eigenvalue weighted by Crippen LogP contribution is 2.32. The van der Waals surface area contributed by atoms with Crippen molar-refractivity contribution in [1.82, 2.24) is 9.97 Å². The molecule has 0 radical (unpaired) electrons. The largest absolute Gasteiger partial charge is 0.384 e. The van der Waals surface area contributed by atoms with Gasteiger partial charge in [-0.2, -0.15) is 0 Å². The van der Waals surface area contributed by atoms with E-state index in [0.717, 1.165) is 29.9 Å². The van der Waals surface area contributed by atoms with Gasteiger partial charge in [-0.25, -0.2) is 9.97 Å². The van der Waals surface area contributed by atoms with E-state index in [-0.39, 0.29) is 0 Å². The molecule has 3 rings (SSSR count). The first-order chi connectivity index (χ1) is 9.28. The molecule has 19 heavy (non-hydrogen) atoms. The number of benzene rings is 1. The molecule has 0 spiro atoms. The summed E-state index contributed by atoms with van der Waals surface area (Å²) >= 11 is 1.73. The molecule has 4 heteroatoms. The Bertz CT molecular complexity index is 718. The molecular formula is C15H15N3S. The fraction of sp³-hybridized carbons (Fsp3) is 0.200. The van der Waals surface area contributed by atoms with Crippen LogP contribution >= 0.6 is 11.3 Å². The molecule has 1 aromatic carbocycles. The van der Waals surface area contributed by atoms with Crippen molar-refractivity contribution in [3.8, 4) is 11.3 Å². The third-order valence-corrected chi connectivity index (χ3v) is 3.98. The predicted octanol–water partition coefficient (Wildman–Crippen LogP) is 3.89. The fourth-order valence-corrected chi connectivity index (χ4v) is 3.11. The van der Waals surface area contributed by atoms with Crippen LogP contribution in [-0.4, -0.2) is 9.97 Å². The van der Waals surface area contributed by atoms with Gasteiger partial charge in [0.15, 0.2) is 0 Å². The maximum Gasteiger partial charge on any atom is 0.131 e. The van der Waals surface area contributed by atoms with E-state index in [1.807, 2.05) is 6.07 Å². The lowest BCUT2D eigenvalue weighted by atomic mass is 10.1. The summed E-state index contributed by atoms with van der Waals surface area (Å²) in [7, 11) is 0. The van der Waals surface area contributed by atoms with E-state index < -0.39 is 0 Å². The van der Waals surface area contributed by atoms with Gasteiger partial charge in [0, 0.05) is 22.8 Å². The summed E-state index contributed by atoms with van der Waals surface area (Å²) in [6, 6.07) is 10.3. The second-order valence-corrected chi connectivity index (χ2v) is 5.40. The third-order valence-electron chi connectivity index (χ3n) is 3.02. The highest BCUT2D eigenvalue weighted by Gasteiger charge is 2.09. The number of anilines is 1. The van der Waals surface area contributed by atoms with Crippen LogP contribution in [0.25, 0.3) is 21.3 Å². The molecular weight excluding hydrogens is 254 g/mol. The van der Waals surface area contributed by atoms with E-state index in [9.17, 15) is 0 Å². The summed E-state index contributed by atoms with van der Waals surface area (Å²) < 4.78 is 1.25. The van der Waals surface area contributed by atoms with Gasteiger partial charge < -0.3 is 5.73 Å². The zero-order valence-electron chi connectivity index (χ0n) is 10.8. The number of nitrogens with zero attached hydrogens (tertiary/aromatic N) is 2. The van der Waals surface area contributed by atoms with Crippen molar-refractivity contribution in [2.24, 2.45) is 0 Å². The lowest BCUT2D eigenvalue weighted by molar-refractivity contribution is 0.839. The summed E-state index contributed by atoms with van der Waals surface area (Å²) in [5, 5.41) is 3.35. The molecule has 0 aliphatic rings. The van der Waals surface area contributed by atoms with Crippen LogP contribution in [0.5, 0.6) is 0 Å². The Labute approximate surface area is 116 Å². The summed E-state index contributed by atoms with van der Waals surface area (Å²) in [5.41, 5.74) is 7.96. The molecule has 2 N–H and O–H groups in total. The lowest BCUT2D eigenvalue weighted by Crippen LogP contribution is -2.01. The van der Waals surface area contributed by atoms with Gasteiger partial charge in [-0.05, 0) is 23.3 Å². The van der Waals surface area contributed by atoms with Crippen LogP contribution in [0.3, 0.4) is 0 Å². The average Bonchev–Trinajstić information content (AvgIpc) is 2.86. The van der Waals surface area contributed by atoms with Crippen LogP contribution in [0.1, 0.15) is 19.2 Å². The Morgan fingerprint density at radius 3 is 2.95 bits per heavy atom. The van der Waals surface area contributed by atoms with E-state index >= 15 is 0 Å². The van der Waals surface area contributed by atoms with E-state index in [4.69, 9.17) is 5.73 Å². The Morgan fingerprint density at radius 1 is 1.21 bits per heavy atom. The van der Waals surface area contributed by atoms with Gasteiger partial charge >= 0.3 is 0 Å². The number of aromatic nitrogens is 2. The number of hydrogen-bond acceptors (Lipinski definition) is 4. The Morgan fingerprint density at radius 2 is 2.11 bits per heavy atom. The molecule has 0 aliphatic carbocycles. The summed E-state index contributed by atoms with van der Waals surface area (Å²) in [6.45, 7) is 2.12. The molecule has 0 fully saturated rings. The predicted molar refractivity (Wildman–Crippen MR) is 81.3 cm³/mol. The molecule has 0 atom stereocenters. The van der Waals surface area contributed by atoms with Crippen molar-refractivity contribution < 1.29 is 0 Å². The zero-order chi connectivity index (χ0) is 13.2. The van der Waals surface area contributed by atoms with Crippen molar-refractivity contribution >= 4 is 27.2 Å². The molecule has 0 unspecified atom stereocenters. The first kappa shape index (κ1) is 12.1. The van der Waals surface area contributed by atoms with E-state index in [0.29, 0.717) is 5.82 Å². The second-order valence-electron chi connectivity index (χ2n) is 4.49. The lowest BCUT2D eigenvalue weighted by Gasteiger charge is -2.06. The molecule has 2 aromatic heterocycles. The number of aryl methyl sites for hydroxylation is 1. The molecule has 2 heterocycles. The number of rotatable bonds is 3. The van der Waals surface area contributed by atoms with Crippen LogP contribution in [0.2, 0.25) is 0 Å². The standard InChI is InChI=1S/C15H15N3S/c1-2-4-14-17-12(9-13(16)18-14)11-6-3-5-10-7-8-19-15(10)11/h3,5-9H,2,4H2,1H3,(H2,16,17,18). The normalized spacial score (nSPS) is 11.0. The number of thiophene rings is 1. The number of nitrogen functional groups attached to an aromatic ring is 1. The Hall–Kier alpha value is -1.94. The number of nitrogens with two attached hydrogens (primary N) is 1. The minimum atomic E-state index is 0.544. The van der Waals surface area contributed by atoms with Gasteiger partial charge in [-0.1, -0.05) is 25.1 Å². The van der Waals surface area contributed by atoms with Crippen molar-refractivity contribution in [2.45, 2.75) is 19.8 Å². The topological polar surface area (TPSA) is 51.8 Å². The maximum atomic E-state index is 5.90. The van der Waals surface area contributed by atoms with Gasteiger partial charge in [0.25, 0.3) is 0 Å². The highest BCUT2D eigenvalue weighted by atomic mass is 32.1. The van der Waals surface area contributed by atoms with Crippen LogP contribution in [0.15, 0.2) is 35.7 Å². The quantitative estimate of drug-likeness (QED) is 0.784. The van der Waals surface area contributed by atoms with Crippen LogP contribution in [0.4, 0.5) is 5.82 Å². The zero-order valence-corrected chi connectivity index (χ0v) is 11.6. The minimum Gasteiger partial charge on any atom is -0.384 e. The molecule has 0 aliphatic heterocycles. The minimum absolute atomic E-state index is 0.544. The summed E-state index contributed by atoms with van der Waals surface area (Å²) in [4.78, 5) is 8.93. The van der Waals surface area contributed by atoms with E-state index in [1.165, 1.54) is 10.1 Å². The van der Waals surface area contributed by atoms with Gasteiger partial charge in [-0.3, -0.25) is 0 Å². The van der Waals surface area contributed by atoms with Crippen LogP contribution in [-0.2, 0) is 6.42 Å². The first-order valence-corrected chi connectivity index (χ1v) is 7.26.